The van der Waals surface area contributed by atoms with Crippen molar-refractivity contribution in [1.29, 1.82) is 0 Å². The molecular weight excluding hydrogens is 262 g/mol. The number of ether oxygens (including phenoxy) is 2. The average Bonchev–Trinajstić information content (AvgIpc) is 2.38. The zero-order chi connectivity index (χ0) is 15.5. The maximum atomic E-state index is 6.40. The standard InChI is InChI=1S/C18H35NO2/c1-14(2)20-16-7-6-8-17(13-16)21-15-9-11-19(12-10-15)18(3,4)5/h14-17H,6-13H2,1-5H3/t16-,17+/m0/s1. The van der Waals surface area contributed by atoms with Gasteiger partial charge in [-0.25, -0.2) is 0 Å². The van der Waals surface area contributed by atoms with Crippen LogP contribution in [0.15, 0.2) is 0 Å². The molecule has 0 unspecified atom stereocenters. The predicted molar refractivity (Wildman–Crippen MR) is 87.7 cm³/mol. The molecule has 1 heterocycles. The van der Waals surface area contributed by atoms with Gasteiger partial charge in [0.25, 0.3) is 0 Å². The fourth-order valence-corrected chi connectivity index (χ4v) is 3.67. The summed E-state index contributed by atoms with van der Waals surface area (Å²) in [5.74, 6) is 0. The van der Waals surface area contributed by atoms with E-state index in [0.29, 0.717) is 30.0 Å². The second-order valence-electron chi connectivity index (χ2n) is 8.09. The minimum Gasteiger partial charge on any atom is -0.375 e. The largest absolute Gasteiger partial charge is 0.375 e. The quantitative estimate of drug-likeness (QED) is 0.783. The number of rotatable bonds is 4. The number of hydrogen-bond donors (Lipinski definition) is 0. The molecule has 0 bridgehead atoms. The van der Waals surface area contributed by atoms with Crippen LogP contribution in [0.1, 0.15) is 73.1 Å². The second-order valence-corrected chi connectivity index (χ2v) is 8.09. The molecule has 1 saturated carbocycles. The van der Waals surface area contributed by atoms with Crippen molar-refractivity contribution in [3.8, 4) is 0 Å². The van der Waals surface area contributed by atoms with Crippen LogP contribution < -0.4 is 0 Å². The van der Waals surface area contributed by atoms with Gasteiger partial charge in [-0.2, -0.15) is 0 Å². The van der Waals surface area contributed by atoms with Gasteiger partial charge in [-0.15, -0.1) is 0 Å². The highest BCUT2D eigenvalue weighted by atomic mass is 16.5. The molecule has 2 rings (SSSR count). The van der Waals surface area contributed by atoms with Gasteiger partial charge in [0.05, 0.1) is 24.4 Å². The van der Waals surface area contributed by atoms with E-state index >= 15 is 0 Å². The lowest BCUT2D eigenvalue weighted by Crippen LogP contribution is -2.48. The topological polar surface area (TPSA) is 21.7 Å². The van der Waals surface area contributed by atoms with Gasteiger partial charge in [0.15, 0.2) is 0 Å². The first-order valence-electron chi connectivity index (χ1n) is 8.90. The number of likely N-dealkylation sites (tertiary alicyclic amines) is 1. The Morgan fingerprint density at radius 3 is 2.10 bits per heavy atom. The minimum absolute atomic E-state index is 0.298. The van der Waals surface area contributed by atoms with E-state index in [4.69, 9.17) is 9.47 Å². The summed E-state index contributed by atoms with van der Waals surface area (Å²) in [5, 5.41) is 0. The molecule has 124 valence electrons. The van der Waals surface area contributed by atoms with Crippen LogP contribution >= 0.6 is 0 Å². The van der Waals surface area contributed by atoms with Crippen molar-refractivity contribution < 1.29 is 9.47 Å². The first kappa shape index (κ1) is 17.2. The Bertz CT molecular complexity index is 303. The zero-order valence-corrected chi connectivity index (χ0v) is 14.7. The van der Waals surface area contributed by atoms with E-state index in [-0.39, 0.29) is 0 Å². The molecule has 2 fully saturated rings. The Hall–Kier alpha value is -0.120. The summed E-state index contributed by atoms with van der Waals surface area (Å²) in [6.45, 7) is 13.5. The van der Waals surface area contributed by atoms with Crippen LogP contribution in [0.5, 0.6) is 0 Å². The summed E-state index contributed by atoms with van der Waals surface area (Å²) in [6.07, 6.45) is 8.79. The SMILES string of the molecule is CC(C)O[C@H]1CCC[C@@H](OC2CCN(C(C)(C)C)CC2)C1. The van der Waals surface area contributed by atoms with Gasteiger partial charge in [0, 0.05) is 18.6 Å². The highest BCUT2D eigenvalue weighted by Gasteiger charge is 2.30. The maximum absolute atomic E-state index is 6.40. The summed E-state index contributed by atoms with van der Waals surface area (Å²) in [4.78, 5) is 2.58. The van der Waals surface area contributed by atoms with E-state index in [2.05, 4.69) is 39.5 Å². The highest BCUT2D eigenvalue weighted by Crippen LogP contribution is 2.28. The summed E-state index contributed by atoms with van der Waals surface area (Å²) in [6, 6.07) is 0. The van der Waals surface area contributed by atoms with Crippen molar-refractivity contribution in [3.63, 3.8) is 0 Å². The van der Waals surface area contributed by atoms with Crippen molar-refractivity contribution >= 4 is 0 Å². The summed E-state index contributed by atoms with van der Waals surface area (Å²) in [7, 11) is 0. The van der Waals surface area contributed by atoms with Crippen LogP contribution in [0.2, 0.25) is 0 Å². The molecule has 1 aliphatic carbocycles. The molecule has 2 aliphatic rings. The number of hydrogen-bond acceptors (Lipinski definition) is 3. The second kappa shape index (κ2) is 7.43. The van der Waals surface area contributed by atoms with Gasteiger partial charge in [-0.05, 0) is 73.1 Å². The first-order valence-corrected chi connectivity index (χ1v) is 8.90. The highest BCUT2D eigenvalue weighted by molar-refractivity contribution is 4.83. The molecule has 0 spiro atoms. The van der Waals surface area contributed by atoms with Crippen molar-refractivity contribution in [2.75, 3.05) is 13.1 Å². The lowest BCUT2D eigenvalue weighted by Gasteiger charge is -2.42. The molecule has 1 aliphatic heterocycles. The lowest BCUT2D eigenvalue weighted by atomic mass is 9.94. The summed E-state index contributed by atoms with van der Waals surface area (Å²) >= 11 is 0. The third-order valence-corrected chi connectivity index (χ3v) is 4.82. The number of nitrogens with zero attached hydrogens (tertiary/aromatic N) is 1. The van der Waals surface area contributed by atoms with Gasteiger partial charge in [0.2, 0.25) is 0 Å². The molecule has 1 saturated heterocycles. The molecule has 0 aromatic carbocycles. The Labute approximate surface area is 131 Å². The Kier molecular flexibility index (Phi) is 6.10. The van der Waals surface area contributed by atoms with Crippen molar-refractivity contribution in [3.05, 3.63) is 0 Å². The van der Waals surface area contributed by atoms with Gasteiger partial charge >= 0.3 is 0 Å². The molecule has 3 nitrogen and oxygen atoms in total. The van der Waals surface area contributed by atoms with Crippen molar-refractivity contribution in [2.24, 2.45) is 0 Å². The van der Waals surface area contributed by atoms with Crippen molar-refractivity contribution in [2.45, 2.75) is 103 Å². The summed E-state index contributed by atoms with van der Waals surface area (Å²) in [5.41, 5.74) is 0.298. The first-order chi connectivity index (χ1) is 9.84. The molecular formula is C18H35NO2. The van der Waals surface area contributed by atoms with Crippen LogP contribution in [0.25, 0.3) is 0 Å². The van der Waals surface area contributed by atoms with E-state index in [9.17, 15) is 0 Å². The molecule has 21 heavy (non-hydrogen) atoms. The number of piperidine rings is 1. The third kappa shape index (κ3) is 5.54. The van der Waals surface area contributed by atoms with Crippen LogP contribution in [-0.2, 0) is 9.47 Å². The maximum Gasteiger partial charge on any atom is 0.0603 e. The molecule has 0 radical (unpaired) electrons. The Morgan fingerprint density at radius 2 is 1.52 bits per heavy atom. The van der Waals surface area contributed by atoms with Gasteiger partial charge in [-0.3, -0.25) is 4.90 Å². The average molecular weight is 297 g/mol. The minimum atomic E-state index is 0.298. The van der Waals surface area contributed by atoms with E-state index in [1.165, 1.54) is 45.2 Å². The van der Waals surface area contributed by atoms with Crippen LogP contribution in [0.3, 0.4) is 0 Å². The molecule has 0 N–H and O–H groups in total. The van der Waals surface area contributed by atoms with Crippen LogP contribution in [0, 0.1) is 0 Å². The molecule has 2 atom stereocenters. The fraction of sp³-hybridized carbons (Fsp3) is 1.00. The smallest absolute Gasteiger partial charge is 0.0603 e. The van der Waals surface area contributed by atoms with E-state index in [1.54, 1.807) is 0 Å². The molecule has 3 heteroatoms. The normalized spacial score (nSPS) is 30.0. The molecule has 0 aromatic rings. The Balaban J connectivity index is 1.73. The summed E-state index contributed by atoms with van der Waals surface area (Å²) < 4.78 is 12.4. The van der Waals surface area contributed by atoms with Gasteiger partial charge < -0.3 is 9.47 Å². The fourth-order valence-electron chi connectivity index (χ4n) is 3.67. The van der Waals surface area contributed by atoms with Crippen LogP contribution in [-0.4, -0.2) is 47.9 Å². The predicted octanol–water partition coefficient (Wildman–Crippen LogP) is 4.00. The monoisotopic (exact) mass is 297 g/mol. The van der Waals surface area contributed by atoms with Gasteiger partial charge in [0.1, 0.15) is 0 Å². The van der Waals surface area contributed by atoms with E-state index < -0.39 is 0 Å². The van der Waals surface area contributed by atoms with Crippen molar-refractivity contribution in [1.82, 2.24) is 4.90 Å². The Morgan fingerprint density at radius 1 is 0.905 bits per heavy atom. The lowest BCUT2D eigenvalue weighted by molar-refractivity contribution is -0.101. The molecule has 0 amide bonds. The van der Waals surface area contributed by atoms with E-state index in [1.807, 2.05) is 0 Å². The molecule has 0 aromatic heterocycles. The zero-order valence-electron chi connectivity index (χ0n) is 14.7. The third-order valence-electron chi connectivity index (χ3n) is 4.82. The van der Waals surface area contributed by atoms with E-state index in [0.717, 1.165) is 6.42 Å². The van der Waals surface area contributed by atoms with Gasteiger partial charge in [-0.1, -0.05) is 0 Å². The van der Waals surface area contributed by atoms with Crippen LogP contribution in [0.4, 0.5) is 0 Å².